The Hall–Kier alpha value is -2.88. The van der Waals surface area contributed by atoms with Crippen LogP contribution in [0.1, 0.15) is 25.1 Å². The maximum Gasteiger partial charge on any atom is 0.222 e. The van der Waals surface area contributed by atoms with Gasteiger partial charge in [-0.3, -0.25) is 0 Å². The van der Waals surface area contributed by atoms with Crippen molar-refractivity contribution in [3.05, 3.63) is 59.8 Å². The van der Waals surface area contributed by atoms with Crippen LogP contribution in [0.5, 0.6) is 5.88 Å². The van der Waals surface area contributed by atoms with Crippen LogP contribution in [0, 0.1) is 0 Å². The minimum atomic E-state index is 0.647. The molecule has 0 atom stereocenters. The molecule has 0 aliphatic carbocycles. The van der Waals surface area contributed by atoms with Crippen molar-refractivity contribution in [2.45, 2.75) is 13.8 Å². The van der Waals surface area contributed by atoms with Gasteiger partial charge >= 0.3 is 0 Å². The first kappa shape index (κ1) is 17.9. The van der Waals surface area contributed by atoms with E-state index >= 15 is 0 Å². The normalized spacial score (nSPS) is 11.2. The van der Waals surface area contributed by atoms with Crippen LogP contribution in [0.25, 0.3) is 23.1 Å². The molecule has 1 aromatic carbocycles. The Bertz CT molecular complexity index is 930. The summed E-state index contributed by atoms with van der Waals surface area (Å²) in [5.74, 6) is 1.59. The van der Waals surface area contributed by atoms with Gasteiger partial charge in [0.05, 0.1) is 7.11 Å². The molecule has 4 nitrogen and oxygen atoms in total. The summed E-state index contributed by atoms with van der Waals surface area (Å²) < 4.78 is 7.71. The van der Waals surface area contributed by atoms with Crippen molar-refractivity contribution >= 4 is 28.9 Å². The zero-order valence-corrected chi connectivity index (χ0v) is 15.9. The molecule has 3 rings (SSSR count). The van der Waals surface area contributed by atoms with E-state index in [-0.39, 0.29) is 0 Å². The van der Waals surface area contributed by atoms with Crippen LogP contribution in [0.2, 0.25) is 0 Å². The maximum absolute atomic E-state index is 5.52. The van der Waals surface area contributed by atoms with Crippen molar-refractivity contribution in [1.82, 2.24) is 4.98 Å². The molecule has 2 aromatic heterocycles. The lowest BCUT2D eigenvalue weighted by Gasteiger charge is -2.20. The standard InChI is InChI=1S/C22H26N3O/c1-5-25(6-2)21-16-13-18(22(23-21)26-4)12-15-19-14-11-17-9-7-8-10-20(17)24(19)3/h7-16H,5-6H2,1-4H3/q+1. The Kier molecular flexibility index (Phi) is 5.52. The van der Waals surface area contributed by atoms with E-state index in [0.717, 1.165) is 30.2 Å². The number of para-hydroxylation sites is 1. The predicted molar refractivity (Wildman–Crippen MR) is 108 cm³/mol. The summed E-state index contributed by atoms with van der Waals surface area (Å²) in [6.07, 6.45) is 4.16. The molecule has 0 N–H and O–H groups in total. The molecule has 3 aromatic rings. The highest BCUT2D eigenvalue weighted by molar-refractivity contribution is 5.77. The van der Waals surface area contributed by atoms with Crippen molar-refractivity contribution in [1.29, 1.82) is 0 Å². The van der Waals surface area contributed by atoms with Gasteiger partial charge in [0, 0.05) is 42.2 Å². The first-order valence-corrected chi connectivity index (χ1v) is 9.03. The highest BCUT2D eigenvalue weighted by Crippen LogP contribution is 2.23. The summed E-state index contributed by atoms with van der Waals surface area (Å²) in [5, 5.41) is 1.23. The topological polar surface area (TPSA) is 29.2 Å². The number of ether oxygens (including phenoxy) is 1. The number of hydrogen-bond acceptors (Lipinski definition) is 3. The highest BCUT2D eigenvalue weighted by atomic mass is 16.5. The van der Waals surface area contributed by atoms with E-state index < -0.39 is 0 Å². The molecular weight excluding hydrogens is 322 g/mol. The van der Waals surface area contributed by atoms with Gasteiger partial charge in [-0.2, -0.15) is 9.55 Å². The molecule has 0 aliphatic heterocycles. The molecule has 0 spiro atoms. The number of fused-ring (bicyclic) bond motifs is 1. The molecule has 0 unspecified atom stereocenters. The smallest absolute Gasteiger partial charge is 0.222 e. The number of aromatic nitrogens is 2. The fourth-order valence-electron chi connectivity index (χ4n) is 3.16. The lowest BCUT2D eigenvalue weighted by molar-refractivity contribution is -0.646. The molecular formula is C22H26N3O+. The Balaban J connectivity index is 1.94. The van der Waals surface area contributed by atoms with Gasteiger partial charge in [0.25, 0.3) is 0 Å². The molecule has 0 saturated heterocycles. The monoisotopic (exact) mass is 348 g/mol. The first-order chi connectivity index (χ1) is 12.7. The average molecular weight is 348 g/mol. The van der Waals surface area contributed by atoms with Crippen molar-refractivity contribution in [3.63, 3.8) is 0 Å². The summed E-state index contributed by atoms with van der Waals surface area (Å²) in [6, 6.07) is 16.8. The predicted octanol–water partition coefficient (Wildman–Crippen LogP) is 4.08. The second-order valence-corrected chi connectivity index (χ2v) is 6.15. The average Bonchev–Trinajstić information content (AvgIpc) is 2.69. The van der Waals surface area contributed by atoms with Crippen LogP contribution in [0.4, 0.5) is 5.82 Å². The highest BCUT2D eigenvalue weighted by Gasteiger charge is 2.11. The van der Waals surface area contributed by atoms with Gasteiger partial charge in [-0.05, 0) is 44.2 Å². The van der Waals surface area contributed by atoms with E-state index in [1.807, 2.05) is 0 Å². The third-order valence-electron chi connectivity index (χ3n) is 4.71. The zero-order chi connectivity index (χ0) is 18.5. The van der Waals surface area contributed by atoms with Crippen molar-refractivity contribution < 1.29 is 9.30 Å². The Morgan fingerprint density at radius 1 is 1.00 bits per heavy atom. The third kappa shape index (κ3) is 3.54. The molecule has 0 amide bonds. The minimum Gasteiger partial charge on any atom is -0.481 e. The molecule has 4 heteroatoms. The Labute approximate surface area is 155 Å². The van der Waals surface area contributed by atoms with E-state index in [0.29, 0.717) is 5.88 Å². The van der Waals surface area contributed by atoms with E-state index in [9.17, 15) is 0 Å². The summed E-state index contributed by atoms with van der Waals surface area (Å²) in [6.45, 7) is 6.11. The van der Waals surface area contributed by atoms with Gasteiger partial charge in [0.15, 0.2) is 0 Å². The van der Waals surface area contributed by atoms with Crippen LogP contribution in [0.3, 0.4) is 0 Å². The number of methoxy groups -OCH3 is 1. The summed E-state index contributed by atoms with van der Waals surface area (Å²) >= 11 is 0. The molecule has 0 bridgehead atoms. The van der Waals surface area contributed by atoms with Crippen LogP contribution in [0.15, 0.2) is 48.5 Å². The lowest BCUT2D eigenvalue weighted by Crippen LogP contribution is -2.32. The Morgan fingerprint density at radius 2 is 1.77 bits per heavy atom. The van der Waals surface area contributed by atoms with Gasteiger partial charge in [-0.1, -0.05) is 12.1 Å². The van der Waals surface area contributed by atoms with Gasteiger partial charge in [0.2, 0.25) is 17.1 Å². The largest absolute Gasteiger partial charge is 0.481 e. The van der Waals surface area contributed by atoms with Crippen LogP contribution in [-0.4, -0.2) is 25.2 Å². The SMILES string of the molecule is CCN(CC)c1ccc(C=Cc2ccc3ccccc3[n+]2C)c(OC)n1. The molecule has 0 saturated carbocycles. The fourth-order valence-corrected chi connectivity index (χ4v) is 3.16. The first-order valence-electron chi connectivity index (χ1n) is 9.03. The second-order valence-electron chi connectivity index (χ2n) is 6.15. The number of rotatable bonds is 6. The maximum atomic E-state index is 5.52. The van der Waals surface area contributed by atoms with Crippen LogP contribution in [-0.2, 0) is 7.05 Å². The van der Waals surface area contributed by atoms with E-state index in [1.54, 1.807) is 7.11 Å². The van der Waals surface area contributed by atoms with Crippen LogP contribution < -0.4 is 14.2 Å². The van der Waals surface area contributed by atoms with Crippen molar-refractivity contribution in [2.24, 2.45) is 7.05 Å². The summed E-state index contributed by atoms with van der Waals surface area (Å²) in [4.78, 5) is 6.87. The number of aryl methyl sites for hydroxylation is 1. The molecule has 2 heterocycles. The quantitative estimate of drug-likeness (QED) is 0.629. The van der Waals surface area contributed by atoms with Gasteiger partial charge in [-0.15, -0.1) is 0 Å². The fraction of sp³-hybridized carbons (Fsp3) is 0.273. The second kappa shape index (κ2) is 8.00. The zero-order valence-electron chi connectivity index (χ0n) is 15.9. The summed E-state index contributed by atoms with van der Waals surface area (Å²) in [7, 11) is 3.75. The van der Waals surface area contributed by atoms with Gasteiger partial charge in [0.1, 0.15) is 12.9 Å². The van der Waals surface area contributed by atoms with E-state index in [2.05, 4.69) is 96.0 Å². The lowest BCUT2D eigenvalue weighted by atomic mass is 10.1. The Morgan fingerprint density at radius 3 is 2.50 bits per heavy atom. The van der Waals surface area contributed by atoms with Crippen molar-refractivity contribution in [3.8, 4) is 5.88 Å². The van der Waals surface area contributed by atoms with E-state index in [1.165, 1.54) is 10.9 Å². The minimum absolute atomic E-state index is 0.647. The van der Waals surface area contributed by atoms with Crippen molar-refractivity contribution in [2.75, 3.05) is 25.1 Å². The summed E-state index contributed by atoms with van der Waals surface area (Å²) in [5.41, 5.74) is 3.30. The molecule has 134 valence electrons. The molecule has 0 aliphatic rings. The number of nitrogens with zero attached hydrogens (tertiary/aromatic N) is 3. The number of pyridine rings is 2. The number of anilines is 1. The van der Waals surface area contributed by atoms with Gasteiger partial charge < -0.3 is 9.64 Å². The van der Waals surface area contributed by atoms with Crippen LogP contribution >= 0.6 is 0 Å². The molecule has 0 fully saturated rings. The molecule has 26 heavy (non-hydrogen) atoms. The third-order valence-corrected chi connectivity index (χ3v) is 4.71. The number of hydrogen-bond donors (Lipinski definition) is 0. The van der Waals surface area contributed by atoms with Gasteiger partial charge in [-0.25, -0.2) is 0 Å². The van der Waals surface area contributed by atoms with E-state index in [4.69, 9.17) is 4.74 Å². The number of benzene rings is 1. The molecule has 0 radical (unpaired) electrons.